The fourth-order valence-electron chi connectivity index (χ4n) is 1.72. The molecule has 3 heteroatoms. The van der Waals surface area contributed by atoms with Crippen molar-refractivity contribution in [3.63, 3.8) is 0 Å². The van der Waals surface area contributed by atoms with Gasteiger partial charge in [-0.2, -0.15) is 11.8 Å². The zero-order valence-corrected chi connectivity index (χ0v) is 9.26. The molecule has 1 saturated heterocycles. The number of pyridine rings is 1. The molecule has 2 nitrogen and oxygen atoms in total. The molecule has 0 amide bonds. The highest BCUT2D eigenvalue weighted by molar-refractivity contribution is 8.00. The minimum Gasteiger partial charge on any atom is -0.309 e. The third-order valence-electron chi connectivity index (χ3n) is 2.52. The molecule has 0 spiro atoms. The topological polar surface area (TPSA) is 24.9 Å². The van der Waals surface area contributed by atoms with Crippen LogP contribution in [0.1, 0.15) is 18.9 Å². The molecule has 2 atom stereocenters. The van der Waals surface area contributed by atoms with Gasteiger partial charge in [0.2, 0.25) is 0 Å². The predicted molar refractivity (Wildman–Crippen MR) is 61.4 cm³/mol. The second-order valence-corrected chi connectivity index (χ2v) is 5.29. The van der Waals surface area contributed by atoms with Crippen LogP contribution in [0.2, 0.25) is 0 Å². The molecule has 0 aliphatic carbocycles. The van der Waals surface area contributed by atoms with Gasteiger partial charge in [0.15, 0.2) is 0 Å². The number of hydrogen-bond acceptors (Lipinski definition) is 3. The molecule has 1 aliphatic rings. The first-order valence-electron chi connectivity index (χ1n) is 5.08. The Hall–Kier alpha value is -0.540. The molecule has 0 radical (unpaired) electrons. The summed E-state index contributed by atoms with van der Waals surface area (Å²) in [5.74, 6) is 1.25. The molecule has 0 aromatic carbocycles. The molecule has 1 aliphatic heterocycles. The highest BCUT2D eigenvalue weighted by atomic mass is 32.2. The average molecular weight is 208 g/mol. The van der Waals surface area contributed by atoms with E-state index in [-0.39, 0.29) is 0 Å². The summed E-state index contributed by atoms with van der Waals surface area (Å²) in [5.41, 5.74) is 1.28. The summed E-state index contributed by atoms with van der Waals surface area (Å²) >= 11 is 2.06. The second kappa shape index (κ2) is 4.80. The van der Waals surface area contributed by atoms with Crippen LogP contribution in [-0.2, 0) is 6.54 Å². The van der Waals surface area contributed by atoms with Crippen LogP contribution < -0.4 is 5.32 Å². The Kier molecular flexibility index (Phi) is 3.43. The van der Waals surface area contributed by atoms with E-state index in [0.717, 1.165) is 11.8 Å². The van der Waals surface area contributed by atoms with Gasteiger partial charge in [-0.15, -0.1) is 0 Å². The number of thioether (sulfide) groups is 1. The van der Waals surface area contributed by atoms with Gasteiger partial charge >= 0.3 is 0 Å². The van der Waals surface area contributed by atoms with Crippen molar-refractivity contribution in [3.05, 3.63) is 30.1 Å². The lowest BCUT2D eigenvalue weighted by Gasteiger charge is -2.10. The first kappa shape index (κ1) is 9.99. The summed E-state index contributed by atoms with van der Waals surface area (Å²) in [7, 11) is 0. The lowest BCUT2D eigenvalue weighted by molar-refractivity contribution is 0.538. The van der Waals surface area contributed by atoms with Gasteiger partial charge in [-0.3, -0.25) is 4.98 Å². The molecule has 14 heavy (non-hydrogen) atoms. The van der Waals surface area contributed by atoms with Crippen LogP contribution in [0.4, 0.5) is 0 Å². The zero-order chi connectivity index (χ0) is 9.80. The predicted octanol–water partition coefficient (Wildman–Crippen LogP) is 2.07. The first-order chi connectivity index (χ1) is 6.84. The van der Waals surface area contributed by atoms with Crippen LogP contribution in [-0.4, -0.2) is 22.0 Å². The third kappa shape index (κ3) is 2.72. The SMILES string of the molecule is CC1CC(NCc2cccnc2)CS1. The minimum absolute atomic E-state index is 0.690. The Labute approximate surface area is 89.5 Å². The van der Waals surface area contributed by atoms with Crippen molar-refractivity contribution in [3.8, 4) is 0 Å². The van der Waals surface area contributed by atoms with Gasteiger partial charge in [0, 0.05) is 36.0 Å². The molecule has 2 rings (SSSR count). The maximum absolute atomic E-state index is 4.10. The number of aromatic nitrogens is 1. The van der Waals surface area contributed by atoms with E-state index in [0.29, 0.717) is 6.04 Å². The standard InChI is InChI=1S/C11H16N2S/c1-9-5-11(8-14-9)13-7-10-3-2-4-12-6-10/h2-4,6,9,11,13H,5,7-8H2,1H3. The van der Waals surface area contributed by atoms with Gasteiger partial charge in [-0.25, -0.2) is 0 Å². The summed E-state index contributed by atoms with van der Waals surface area (Å²) < 4.78 is 0. The third-order valence-corrected chi connectivity index (χ3v) is 3.87. The Morgan fingerprint density at radius 1 is 1.64 bits per heavy atom. The fraction of sp³-hybridized carbons (Fsp3) is 0.545. The van der Waals surface area contributed by atoms with E-state index in [1.54, 1.807) is 0 Å². The van der Waals surface area contributed by atoms with Crippen LogP contribution >= 0.6 is 11.8 Å². The van der Waals surface area contributed by atoms with Crippen LogP contribution in [0.5, 0.6) is 0 Å². The quantitative estimate of drug-likeness (QED) is 0.823. The van der Waals surface area contributed by atoms with Gasteiger partial charge in [0.25, 0.3) is 0 Å². The van der Waals surface area contributed by atoms with E-state index >= 15 is 0 Å². The molecule has 76 valence electrons. The largest absolute Gasteiger partial charge is 0.309 e. The smallest absolute Gasteiger partial charge is 0.0312 e. The Morgan fingerprint density at radius 2 is 2.57 bits per heavy atom. The molecule has 0 saturated carbocycles. The summed E-state index contributed by atoms with van der Waals surface area (Å²) in [6, 6.07) is 4.80. The van der Waals surface area contributed by atoms with Crippen molar-refractivity contribution in [1.82, 2.24) is 10.3 Å². The maximum Gasteiger partial charge on any atom is 0.0312 e. The maximum atomic E-state index is 4.10. The minimum atomic E-state index is 0.690. The molecular weight excluding hydrogens is 192 g/mol. The van der Waals surface area contributed by atoms with Crippen molar-refractivity contribution in [2.75, 3.05) is 5.75 Å². The van der Waals surface area contributed by atoms with E-state index in [9.17, 15) is 0 Å². The Balaban J connectivity index is 1.78. The zero-order valence-electron chi connectivity index (χ0n) is 8.44. The molecule has 1 aromatic rings. The molecule has 1 N–H and O–H groups in total. The highest BCUT2D eigenvalue weighted by Gasteiger charge is 2.20. The van der Waals surface area contributed by atoms with Gasteiger partial charge in [-0.1, -0.05) is 13.0 Å². The summed E-state index contributed by atoms with van der Waals surface area (Å²) in [6.07, 6.45) is 5.04. The van der Waals surface area contributed by atoms with Gasteiger partial charge in [0.1, 0.15) is 0 Å². The molecule has 2 heterocycles. The van der Waals surface area contributed by atoms with Crippen molar-refractivity contribution in [1.29, 1.82) is 0 Å². The summed E-state index contributed by atoms with van der Waals surface area (Å²) in [6.45, 7) is 3.25. The highest BCUT2D eigenvalue weighted by Crippen LogP contribution is 2.25. The van der Waals surface area contributed by atoms with Crippen molar-refractivity contribution >= 4 is 11.8 Å². The lowest BCUT2D eigenvalue weighted by atomic mass is 10.2. The van der Waals surface area contributed by atoms with Crippen LogP contribution in [0.3, 0.4) is 0 Å². The van der Waals surface area contributed by atoms with Crippen LogP contribution in [0.25, 0.3) is 0 Å². The van der Waals surface area contributed by atoms with E-state index in [2.05, 4.69) is 35.1 Å². The van der Waals surface area contributed by atoms with E-state index in [1.165, 1.54) is 17.7 Å². The van der Waals surface area contributed by atoms with Gasteiger partial charge in [-0.05, 0) is 18.1 Å². The molecular formula is C11H16N2S. The number of nitrogens with zero attached hydrogens (tertiary/aromatic N) is 1. The number of nitrogens with one attached hydrogen (secondary N) is 1. The van der Waals surface area contributed by atoms with Crippen molar-refractivity contribution in [2.45, 2.75) is 31.2 Å². The normalized spacial score (nSPS) is 26.6. The second-order valence-electron chi connectivity index (χ2n) is 3.82. The molecule has 1 aromatic heterocycles. The van der Waals surface area contributed by atoms with Gasteiger partial charge < -0.3 is 5.32 Å². The van der Waals surface area contributed by atoms with Crippen LogP contribution in [0.15, 0.2) is 24.5 Å². The molecule has 1 fully saturated rings. The number of hydrogen-bond donors (Lipinski definition) is 1. The monoisotopic (exact) mass is 208 g/mol. The van der Waals surface area contributed by atoms with Crippen molar-refractivity contribution < 1.29 is 0 Å². The van der Waals surface area contributed by atoms with Crippen LogP contribution in [0, 0.1) is 0 Å². The Bertz CT molecular complexity index is 276. The van der Waals surface area contributed by atoms with Gasteiger partial charge in [0.05, 0.1) is 0 Å². The lowest BCUT2D eigenvalue weighted by Crippen LogP contribution is -2.28. The van der Waals surface area contributed by atoms with Crippen molar-refractivity contribution in [2.24, 2.45) is 0 Å². The molecule has 2 unspecified atom stereocenters. The van der Waals surface area contributed by atoms with E-state index < -0.39 is 0 Å². The molecule has 0 bridgehead atoms. The fourth-order valence-corrected chi connectivity index (χ4v) is 2.91. The average Bonchev–Trinajstić information content (AvgIpc) is 2.63. The van der Waals surface area contributed by atoms with E-state index in [4.69, 9.17) is 0 Å². The summed E-state index contributed by atoms with van der Waals surface area (Å²) in [5, 5.41) is 4.39. The first-order valence-corrected chi connectivity index (χ1v) is 6.13. The Morgan fingerprint density at radius 3 is 3.21 bits per heavy atom. The summed E-state index contributed by atoms with van der Waals surface area (Å²) in [4.78, 5) is 4.10. The number of rotatable bonds is 3. The van der Waals surface area contributed by atoms with E-state index in [1.807, 2.05) is 18.5 Å².